The summed E-state index contributed by atoms with van der Waals surface area (Å²) in [5.41, 5.74) is 7.85. The molecular formula is C62H56N14O6. The van der Waals surface area contributed by atoms with Gasteiger partial charge in [0.1, 0.15) is 29.1 Å². The fraction of sp³-hybridized carbons (Fsp3) is 0.161. The number of carbonyl (C=O) groups excluding carboxylic acids is 6. The predicted octanol–water partition coefficient (Wildman–Crippen LogP) is 7.09. The maximum absolute atomic E-state index is 14.0. The number of Topliss-reactive ketones (excluding diaryl/α,β-unsaturated/α-hetero) is 1. The number of aliphatic imine (C=N–C) groups is 4. The number of nitrogens with one attached hydrogen (secondary N) is 10. The van der Waals surface area contributed by atoms with Gasteiger partial charge in [0.05, 0.1) is 37.4 Å². The van der Waals surface area contributed by atoms with Crippen LogP contribution in [0.15, 0.2) is 178 Å². The quantitative estimate of drug-likeness (QED) is 0.0417. The number of amidine groups is 4. The highest BCUT2D eigenvalue weighted by Crippen LogP contribution is 2.25. The Labute approximate surface area is 471 Å². The van der Waals surface area contributed by atoms with Crippen LogP contribution in [0.1, 0.15) is 74.8 Å². The summed E-state index contributed by atoms with van der Waals surface area (Å²) in [7, 11) is 0. The van der Waals surface area contributed by atoms with Gasteiger partial charge in [0.2, 0.25) is 0 Å². The Bertz CT molecular complexity index is 3500. The Kier molecular flexibility index (Phi) is 15.9. The molecule has 0 aromatic heterocycles. The maximum atomic E-state index is 14.0. The summed E-state index contributed by atoms with van der Waals surface area (Å²) < 4.78 is 0. The minimum Gasteiger partial charge on any atom is -0.368 e. The average molecular weight is 1090 g/mol. The Hall–Kier alpha value is -10.8. The second-order valence-corrected chi connectivity index (χ2v) is 19.6. The third-order valence-corrected chi connectivity index (χ3v) is 13.7. The maximum Gasteiger partial charge on any atom is 0.323 e. The molecule has 7 aromatic rings. The molecule has 4 aliphatic rings. The smallest absolute Gasteiger partial charge is 0.323 e. The molecule has 4 heterocycles. The summed E-state index contributed by atoms with van der Waals surface area (Å²) >= 11 is 0. The molecule has 11 rings (SSSR count). The van der Waals surface area contributed by atoms with E-state index in [0.717, 1.165) is 71.8 Å². The van der Waals surface area contributed by atoms with Crippen LogP contribution >= 0.6 is 0 Å². The molecule has 0 fully saturated rings. The van der Waals surface area contributed by atoms with Crippen molar-refractivity contribution in [3.05, 3.63) is 213 Å². The molecule has 0 atom stereocenters. The van der Waals surface area contributed by atoms with Gasteiger partial charge in [-0.2, -0.15) is 0 Å². The van der Waals surface area contributed by atoms with E-state index in [1.165, 1.54) is 18.2 Å². The van der Waals surface area contributed by atoms with Crippen LogP contribution < -0.4 is 53.2 Å². The third kappa shape index (κ3) is 13.0. The van der Waals surface area contributed by atoms with Crippen LogP contribution in [0.5, 0.6) is 0 Å². The highest BCUT2D eigenvalue weighted by molar-refractivity contribution is 6.14. The lowest BCUT2D eigenvalue weighted by atomic mass is 9.96. The molecule has 0 spiro atoms. The first-order chi connectivity index (χ1) is 40.0. The van der Waals surface area contributed by atoms with Crippen molar-refractivity contribution < 1.29 is 28.8 Å². The van der Waals surface area contributed by atoms with Gasteiger partial charge in [0.25, 0.3) is 23.6 Å². The van der Waals surface area contributed by atoms with Crippen molar-refractivity contribution in [2.24, 2.45) is 20.0 Å². The fourth-order valence-electron chi connectivity index (χ4n) is 9.60. The number of hydrogen-bond acceptors (Lipinski definition) is 14. The molecule has 6 amide bonds. The van der Waals surface area contributed by atoms with E-state index in [2.05, 4.69) is 73.1 Å². The Morgan fingerprint density at radius 3 is 1.11 bits per heavy atom. The molecule has 0 aliphatic carbocycles. The van der Waals surface area contributed by atoms with E-state index in [4.69, 9.17) is 0 Å². The van der Waals surface area contributed by atoms with Gasteiger partial charge in [-0.3, -0.25) is 43.9 Å². The number of nitrogens with zero attached hydrogens (tertiary/aromatic N) is 4. The van der Waals surface area contributed by atoms with Gasteiger partial charge < -0.3 is 53.2 Å². The zero-order chi connectivity index (χ0) is 56.4. The number of ketones is 1. The number of benzene rings is 7. The molecule has 0 bridgehead atoms. The van der Waals surface area contributed by atoms with Crippen molar-refractivity contribution in [2.45, 2.75) is 12.8 Å². The number of rotatable bonds is 18. The van der Waals surface area contributed by atoms with Crippen LogP contribution in [-0.4, -0.2) is 111 Å². The van der Waals surface area contributed by atoms with Gasteiger partial charge in [-0.1, -0.05) is 12.1 Å². The zero-order valence-corrected chi connectivity index (χ0v) is 44.3. The number of anilines is 6. The summed E-state index contributed by atoms with van der Waals surface area (Å²) in [5, 5.41) is 30.1. The van der Waals surface area contributed by atoms with Crippen LogP contribution in [0.2, 0.25) is 0 Å². The number of urea groups is 1. The minimum atomic E-state index is -0.706. The van der Waals surface area contributed by atoms with E-state index in [1.54, 1.807) is 91.0 Å². The van der Waals surface area contributed by atoms with Crippen molar-refractivity contribution in [3.63, 3.8) is 0 Å². The molecule has 0 radical (unpaired) electrons. The molecule has 20 heteroatoms. The van der Waals surface area contributed by atoms with E-state index in [1.807, 2.05) is 48.5 Å². The minimum absolute atomic E-state index is 0.0335. The third-order valence-electron chi connectivity index (χ3n) is 13.7. The molecule has 82 heavy (non-hydrogen) atoms. The molecule has 7 aromatic carbocycles. The standard InChI is InChI=1S/C62H56N14O6/c77-50(35-44-34-42(58(78)71-45-15-3-38(4-16-45)54-63-25-26-64-54)11-23-51(44)60(80)73-47-19-7-40(8-20-47)56-67-29-30-68-56)33-37-1-13-49(14-2-37)75-62(82)76-53-36-43(59(79)72-46-17-5-39(6-18-46)55-65-27-28-66-55)12-24-52(53)61(81)74-48-21-9-41(10-22-48)57-69-31-32-70-57/h1-24,34,36H,25-33,35H2,(H,63,64)(H,65,66)(H,67,68)(H,69,70)(H,71,78)(H,72,79)(H,73,80)(H,74,81)(H2,75,76,82). The lowest BCUT2D eigenvalue weighted by Gasteiger charge is -2.15. The number of carbonyl (C=O) groups is 6. The molecule has 410 valence electrons. The van der Waals surface area contributed by atoms with Gasteiger partial charge in [-0.15, -0.1) is 0 Å². The molecule has 10 N–H and O–H groups in total. The molecule has 4 aliphatic heterocycles. The van der Waals surface area contributed by atoms with Gasteiger partial charge >= 0.3 is 6.03 Å². The molecular weight excluding hydrogens is 1040 g/mol. The highest BCUT2D eigenvalue weighted by atomic mass is 16.2. The topological polar surface area (TPSA) is 272 Å². The molecule has 0 saturated heterocycles. The van der Waals surface area contributed by atoms with Gasteiger partial charge in [0.15, 0.2) is 0 Å². The van der Waals surface area contributed by atoms with E-state index in [-0.39, 0.29) is 46.6 Å². The lowest BCUT2D eigenvalue weighted by Crippen LogP contribution is -2.23. The summed E-state index contributed by atoms with van der Waals surface area (Å²) in [6.45, 7) is 5.82. The molecule has 20 nitrogen and oxygen atoms in total. The van der Waals surface area contributed by atoms with Crippen LogP contribution in [0.4, 0.5) is 38.9 Å². The summed E-state index contributed by atoms with van der Waals surface area (Å²) in [6.07, 6.45) is -0.208. The number of hydrogen-bond donors (Lipinski definition) is 10. The summed E-state index contributed by atoms with van der Waals surface area (Å²) in [6, 6.07) is 44.0. The van der Waals surface area contributed by atoms with Crippen molar-refractivity contribution in [1.82, 2.24) is 21.3 Å². The normalized spacial score (nSPS) is 14.0. The second kappa shape index (κ2) is 24.5. The van der Waals surface area contributed by atoms with Crippen LogP contribution in [0.25, 0.3) is 0 Å². The van der Waals surface area contributed by atoms with Gasteiger partial charge in [-0.25, -0.2) is 4.79 Å². The van der Waals surface area contributed by atoms with Crippen LogP contribution in [0, 0.1) is 0 Å². The van der Waals surface area contributed by atoms with E-state index >= 15 is 0 Å². The first-order valence-electron chi connectivity index (χ1n) is 26.8. The van der Waals surface area contributed by atoms with Gasteiger partial charge in [0, 0.05) is 106 Å². The second-order valence-electron chi connectivity index (χ2n) is 19.6. The Morgan fingerprint density at radius 1 is 0.354 bits per heavy atom. The highest BCUT2D eigenvalue weighted by Gasteiger charge is 2.22. The number of amides is 6. The predicted molar refractivity (Wildman–Crippen MR) is 320 cm³/mol. The first-order valence-corrected chi connectivity index (χ1v) is 26.8. The summed E-state index contributed by atoms with van der Waals surface area (Å²) in [4.78, 5) is 101. The van der Waals surface area contributed by atoms with E-state index in [0.29, 0.717) is 65.7 Å². The van der Waals surface area contributed by atoms with E-state index < -0.39 is 29.7 Å². The SMILES string of the molecule is O=C(Cc1ccc(NC(=O)Nc2cc(C(=O)Nc3ccc(C4=NCCN4)cc3)ccc2C(=O)Nc2ccc(C3=NCCN3)cc2)cc1)Cc1cc(C(=O)Nc2ccc(C3=NCCN3)cc2)ccc1C(=O)Nc1ccc(C2=NCCN2)cc1. The van der Waals surface area contributed by atoms with E-state index in [9.17, 15) is 28.8 Å². The lowest BCUT2D eigenvalue weighted by molar-refractivity contribution is -0.117. The Balaban J connectivity index is 0.767. The first kappa shape index (κ1) is 53.3. The average Bonchev–Trinajstić information content (AvgIpc) is 4.47. The molecule has 0 unspecified atom stereocenters. The summed E-state index contributed by atoms with van der Waals surface area (Å²) in [5.74, 6) is 1.03. The monoisotopic (exact) mass is 1090 g/mol. The van der Waals surface area contributed by atoms with Crippen molar-refractivity contribution in [2.75, 3.05) is 84.3 Å². The zero-order valence-electron chi connectivity index (χ0n) is 44.3. The van der Waals surface area contributed by atoms with Crippen molar-refractivity contribution in [3.8, 4) is 0 Å². The van der Waals surface area contributed by atoms with Crippen molar-refractivity contribution in [1.29, 1.82) is 0 Å². The molecule has 0 saturated carbocycles. The van der Waals surface area contributed by atoms with Gasteiger partial charge in [-0.05, 0) is 157 Å². The largest absolute Gasteiger partial charge is 0.368 e. The van der Waals surface area contributed by atoms with Crippen LogP contribution in [-0.2, 0) is 17.6 Å². The van der Waals surface area contributed by atoms with Crippen LogP contribution in [0.3, 0.4) is 0 Å². The fourth-order valence-corrected chi connectivity index (χ4v) is 9.60. The van der Waals surface area contributed by atoms with Crippen molar-refractivity contribution >= 4 is 92.9 Å². The Morgan fingerprint density at radius 2 is 0.707 bits per heavy atom.